The van der Waals surface area contributed by atoms with Crippen LogP contribution in [0.2, 0.25) is 0 Å². The van der Waals surface area contributed by atoms with E-state index in [-0.39, 0.29) is 0 Å². The quantitative estimate of drug-likeness (QED) is 0.685. The highest BCUT2D eigenvalue weighted by Crippen LogP contribution is 2.11. The molecule has 2 aliphatic rings. The van der Waals surface area contributed by atoms with Crippen molar-refractivity contribution in [2.45, 2.75) is 12.8 Å². The number of rotatable bonds is 2. The molecule has 0 spiro atoms. The first-order valence-electron chi connectivity index (χ1n) is 5.93. The van der Waals surface area contributed by atoms with Crippen LogP contribution in [0, 0.1) is 5.92 Å². The number of hydrogen-bond acceptors (Lipinski definition) is 3. The summed E-state index contributed by atoms with van der Waals surface area (Å²) in [6, 6.07) is 0. The van der Waals surface area contributed by atoms with Crippen molar-refractivity contribution >= 4 is 5.91 Å². The fourth-order valence-electron chi connectivity index (χ4n) is 2.39. The Kier molecular flexibility index (Phi) is 3.59. The van der Waals surface area contributed by atoms with Gasteiger partial charge in [-0.15, -0.1) is 0 Å². The zero-order valence-corrected chi connectivity index (χ0v) is 9.54. The summed E-state index contributed by atoms with van der Waals surface area (Å²) >= 11 is 0. The number of nitrogens with zero attached hydrogens (tertiary/aromatic N) is 2. The summed E-state index contributed by atoms with van der Waals surface area (Å²) in [6.07, 6.45) is 1.98. The highest BCUT2D eigenvalue weighted by Gasteiger charge is 2.22. The summed E-state index contributed by atoms with van der Waals surface area (Å²) in [5.74, 6) is 1.09. The van der Waals surface area contributed by atoms with Crippen molar-refractivity contribution in [3.05, 3.63) is 0 Å². The van der Waals surface area contributed by atoms with Crippen molar-refractivity contribution in [3.8, 4) is 0 Å². The van der Waals surface area contributed by atoms with E-state index in [2.05, 4.69) is 10.2 Å². The lowest BCUT2D eigenvalue weighted by atomic mass is 10.1. The maximum absolute atomic E-state index is 11.5. The van der Waals surface area contributed by atoms with Gasteiger partial charge in [-0.1, -0.05) is 0 Å². The molecule has 1 atom stereocenters. The molecule has 1 N–H and O–H groups in total. The van der Waals surface area contributed by atoms with Gasteiger partial charge in [-0.05, 0) is 25.4 Å². The number of carbonyl (C=O) groups is 1. The molecule has 2 rings (SSSR count). The van der Waals surface area contributed by atoms with Crippen LogP contribution in [0.4, 0.5) is 0 Å². The Balaban J connectivity index is 1.80. The molecule has 2 saturated heterocycles. The molecule has 2 heterocycles. The van der Waals surface area contributed by atoms with Gasteiger partial charge < -0.3 is 15.1 Å². The normalized spacial score (nSPS) is 29.5. The maximum Gasteiger partial charge on any atom is 0.223 e. The van der Waals surface area contributed by atoms with Crippen LogP contribution in [0.1, 0.15) is 12.8 Å². The fraction of sp³-hybridized carbons (Fsp3) is 0.909. The molecule has 1 unspecified atom stereocenters. The molecule has 0 aliphatic carbocycles. The van der Waals surface area contributed by atoms with Gasteiger partial charge in [0.15, 0.2) is 0 Å². The third-order valence-corrected chi connectivity index (χ3v) is 3.50. The summed E-state index contributed by atoms with van der Waals surface area (Å²) in [5, 5.41) is 3.39. The van der Waals surface area contributed by atoms with Gasteiger partial charge in [-0.2, -0.15) is 0 Å². The first-order chi connectivity index (χ1) is 7.25. The molecule has 0 aromatic heterocycles. The summed E-state index contributed by atoms with van der Waals surface area (Å²) in [4.78, 5) is 15.8. The number of likely N-dealkylation sites (N-methyl/N-ethyl adjacent to an activating group) is 1. The van der Waals surface area contributed by atoms with E-state index in [0.29, 0.717) is 12.3 Å². The summed E-state index contributed by atoms with van der Waals surface area (Å²) < 4.78 is 0. The fourth-order valence-corrected chi connectivity index (χ4v) is 2.39. The van der Waals surface area contributed by atoms with E-state index >= 15 is 0 Å². The van der Waals surface area contributed by atoms with Crippen LogP contribution in [0.25, 0.3) is 0 Å². The molecule has 86 valence electrons. The lowest BCUT2D eigenvalue weighted by Crippen LogP contribution is -2.34. The van der Waals surface area contributed by atoms with Crippen molar-refractivity contribution in [1.29, 1.82) is 0 Å². The lowest BCUT2D eigenvalue weighted by molar-refractivity contribution is -0.129. The Hall–Kier alpha value is -0.610. The molecule has 0 aromatic carbocycles. The van der Waals surface area contributed by atoms with Crippen LogP contribution in [-0.2, 0) is 4.79 Å². The van der Waals surface area contributed by atoms with Crippen molar-refractivity contribution < 1.29 is 4.79 Å². The van der Waals surface area contributed by atoms with Gasteiger partial charge in [-0.3, -0.25) is 4.79 Å². The number of nitrogens with one attached hydrogen (secondary N) is 1. The third kappa shape index (κ3) is 2.92. The van der Waals surface area contributed by atoms with E-state index in [9.17, 15) is 4.79 Å². The third-order valence-electron chi connectivity index (χ3n) is 3.50. The first kappa shape index (κ1) is 10.9. The van der Waals surface area contributed by atoms with Gasteiger partial charge in [0.05, 0.1) is 0 Å². The van der Waals surface area contributed by atoms with E-state index in [1.165, 1.54) is 6.42 Å². The Bertz CT molecular complexity index is 226. The second-order valence-electron chi connectivity index (χ2n) is 4.72. The maximum atomic E-state index is 11.5. The molecule has 2 fully saturated rings. The molecule has 15 heavy (non-hydrogen) atoms. The van der Waals surface area contributed by atoms with E-state index in [4.69, 9.17) is 0 Å². The van der Waals surface area contributed by atoms with E-state index < -0.39 is 0 Å². The molecule has 0 aromatic rings. The Morgan fingerprint density at radius 2 is 2.27 bits per heavy atom. The van der Waals surface area contributed by atoms with Crippen LogP contribution in [0.15, 0.2) is 0 Å². The topological polar surface area (TPSA) is 35.6 Å². The molecular weight excluding hydrogens is 190 g/mol. The van der Waals surface area contributed by atoms with Crippen molar-refractivity contribution in [1.82, 2.24) is 15.1 Å². The van der Waals surface area contributed by atoms with Crippen LogP contribution in [0.3, 0.4) is 0 Å². The Morgan fingerprint density at radius 3 is 3.00 bits per heavy atom. The zero-order valence-electron chi connectivity index (χ0n) is 9.54. The highest BCUT2D eigenvalue weighted by molar-refractivity contribution is 5.76. The number of hydrogen-bond donors (Lipinski definition) is 1. The largest absolute Gasteiger partial charge is 0.344 e. The number of amides is 1. The minimum atomic E-state index is 0.294. The summed E-state index contributed by atoms with van der Waals surface area (Å²) in [6.45, 7) is 6.35. The van der Waals surface area contributed by atoms with Crippen molar-refractivity contribution in [3.63, 3.8) is 0 Å². The highest BCUT2D eigenvalue weighted by atomic mass is 16.2. The molecule has 4 heteroatoms. The lowest BCUT2D eigenvalue weighted by Gasteiger charge is -2.22. The van der Waals surface area contributed by atoms with E-state index in [1.54, 1.807) is 0 Å². The van der Waals surface area contributed by atoms with Gasteiger partial charge in [0.25, 0.3) is 0 Å². The van der Waals surface area contributed by atoms with E-state index in [0.717, 1.165) is 45.2 Å². The summed E-state index contributed by atoms with van der Waals surface area (Å²) in [7, 11) is 1.91. The van der Waals surface area contributed by atoms with Crippen LogP contribution < -0.4 is 5.32 Å². The van der Waals surface area contributed by atoms with Crippen LogP contribution in [0.5, 0.6) is 0 Å². The predicted octanol–water partition coefficient (Wildman–Crippen LogP) is -0.240. The SMILES string of the molecule is CN1CCN(CC2CCNC2)CCC1=O. The Morgan fingerprint density at radius 1 is 1.40 bits per heavy atom. The van der Waals surface area contributed by atoms with E-state index in [1.807, 2.05) is 11.9 Å². The molecule has 0 saturated carbocycles. The second kappa shape index (κ2) is 4.94. The minimum absolute atomic E-state index is 0.294. The zero-order chi connectivity index (χ0) is 10.7. The predicted molar refractivity (Wildman–Crippen MR) is 59.7 cm³/mol. The second-order valence-corrected chi connectivity index (χ2v) is 4.72. The van der Waals surface area contributed by atoms with Gasteiger partial charge >= 0.3 is 0 Å². The van der Waals surface area contributed by atoms with Crippen LogP contribution in [-0.4, -0.2) is 62.0 Å². The van der Waals surface area contributed by atoms with Gasteiger partial charge in [0.1, 0.15) is 0 Å². The smallest absolute Gasteiger partial charge is 0.223 e. The standard InChI is InChI=1S/C11H21N3O/c1-13-6-7-14(5-3-11(13)15)9-10-2-4-12-8-10/h10,12H,2-9H2,1H3. The van der Waals surface area contributed by atoms with Crippen molar-refractivity contribution in [2.24, 2.45) is 5.92 Å². The summed E-state index contributed by atoms with van der Waals surface area (Å²) in [5.41, 5.74) is 0. The first-order valence-corrected chi connectivity index (χ1v) is 5.93. The number of carbonyl (C=O) groups excluding carboxylic acids is 1. The van der Waals surface area contributed by atoms with Gasteiger partial charge in [0, 0.05) is 39.6 Å². The molecule has 1 amide bonds. The molecule has 0 bridgehead atoms. The minimum Gasteiger partial charge on any atom is -0.344 e. The average molecular weight is 211 g/mol. The van der Waals surface area contributed by atoms with Gasteiger partial charge in [0.2, 0.25) is 5.91 Å². The van der Waals surface area contributed by atoms with Gasteiger partial charge in [-0.25, -0.2) is 0 Å². The molecule has 4 nitrogen and oxygen atoms in total. The van der Waals surface area contributed by atoms with Crippen LogP contribution >= 0.6 is 0 Å². The molecule has 2 aliphatic heterocycles. The molecule has 0 radical (unpaired) electrons. The van der Waals surface area contributed by atoms with Crippen molar-refractivity contribution in [2.75, 3.05) is 46.3 Å². The molecular formula is C11H21N3O. The Labute approximate surface area is 91.6 Å². The average Bonchev–Trinajstić information content (AvgIpc) is 2.68. The monoisotopic (exact) mass is 211 g/mol.